The predicted octanol–water partition coefficient (Wildman–Crippen LogP) is 1.43. The van der Waals surface area contributed by atoms with Gasteiger partial charge in [-0.1, -0.05) is 18.2 Å². The van der Waals surface area contributed by atoms with Crippen molar-refractivity contribution < 1.29 is 13.2 Å². The van der Waals surface area contributed by atoms with E-state index in [0.29, 0.717) is 10.8 Å². The second-order valence-electron chi connectivity index (χ2n) is 7.62. The number of morpholine rings is 1. The minimum atomic E-state index is -3.30. The molecule has 1 N–H and O–H groups in total. The zero-order valence-corrected chi connectivity index (χ0v) is 15.0. The fraction of sp³-hybridized carbons (Fsp3) is 0.667. The van der Waals surface area contributed by atoms with Crippen molar-refractivity contribution in [3.8, 4) is 0 Å². The lowest BCUT2D eigenvalue weighted by Gasteiger charge is -2.59. The Hall–Kier alpha value is -0.950. The van der Waals surface area contributed by atoms with Crippen molar-refractivity contribution in [3.05, 3.63) is 29.8 Å². The maximum atomic E-state index is 13.1. The first-order chi connectivity index (χ1) is 11.5. The summed E-state index contributed by atoms with van der Waals surface area (Å²) >= 11 is 0. The molecule has 1 aromatic rings. The van der Waals surface area contributed by atoms with Crippen molar-refractivity contribution in [3.63, 3.8) is 0 Å². The number of nitrogens with zero attached hydrogens (tertiary/aromatic N) is 1. The second-order valence-corrected chi connectivity index (χ2v) is 9.62. The molecule has 1 aliphatic carbocycles. The van der Waals surface area contributed by atoms with Crippen LogP contribution in [0.5, 0.6) is 0 Å². The number of nitrogens with one attached hydrogen (secondary N) is 1. The average Bonchev–Trinajstić information content (AvgIpc) is 2.50. The molecule has 1 saturated carbocycles. The fourth-order valence-electron chi connectivity index (χ4n) is 4.64. The molecule has 0 aromatic heterocycles. The molecule has 3 fully saturated rings. The second kappa shape index (κ2) is 6.09. The Bertz CT molecular complexity index is 707. The topological polar surface area (TPSA) is 58.6 Å². The first kappa shape index (κ1) is 16.5. The van der Waals surface area contributed by atoms with Crippen LogP contribution in [0.4, 0.5) is 0 Å². The quantitative estimate of drug-likeness (QED) is 0.890. The zero-order valence-electron chi connectivity index (χ0n) is 14.2. The summed E-state index contributed by atoms with van der Waals surface area (Å²) in [6.45, 7) is 7.46. The maximum Gasteiger partial charge on any atom is 0.195 e. The van der Waals surface area contributed by atoms with Gasteiger partial charge >= 0.3 is 0 Å². The molecule has 0 amide bonds. The van der Waals surface area contributed by atoms with E-state index in [1.165, 1.54) is 0 Å². The molecular weight excluding hydrogens is 324 g/mol. The first-order valence-corrected chi connectivity index (χ1v) is 10.4. The Morgan fingerprint density at radius 2 is 1.96 bits per heavy atom. The van der Waals surface area contributed by atoms with Crippen molar-refractivity contribution >= 4 is 9.84 Å². The van der Waals surface area contributed by atoms with Crippen molar-refractivity contribution in [1.29, 1.82) is 0 Å². The van der Waals surface area contributed by atoms with Gasteiger partial charge in [-0.3, -0.25) is 10.2 Å². The van der Waals surface area contributed by atoms with Gasteiger partial charge in [-0.05, 0) is 37.3 Å². The van der Waals surface area contributed by atoms with Gasteiger partial charge in [0, 0.05) is 31.6 Å². The molecule has 1 atom stereocenters. The van der Waals surface area contributed by atoms with Gasteiger partial charge in [0.15, 0.2) is 9.84 Å². The van der Waals surface area contributed by atoms with Gasteiger partial charge in [-0.2, -0.15) is 0 Å². The number of hydrogen-bond acceptors (Lipinski definition) is 5. The Kier molecular flexibility index (Phi) is 4.19. The normalized spacial score (nSPS) is 33.9. The molecule has 1 unspecified atom stereocenters. The van der Waals surface area contributed by atoms with Crippen molar-refractivity contribution in [1.82, 2.24) is 10.2 Å². The average molecular weight is 350 g/mol. The highest BCUT2D eigenvalue weighted by atomic mass is 32.2. The number of rotatable bonds is 4. The van der Waals surface area contributed by atoms with E-state index in [-0.39, 0.29) is 5.41 Å². The van der Waals surface area contributed by atoms with Gasteiger partial charge in [-0.25, -0.2) is 8.42 Å². The van der Waals surface area contributed by atoms with Gasteiger partial charge in [0.25, 0.3) is 0 Å². The summed E-state index contributed by atoms with van der Waals surface area (Å²) in [6.07, 6.45) is 2.04. The van der Waals surface area contributed by atoms with Crippen molar-refractivity contribution in [2.24, 2.45) is 11.3 Å². The van der Waals surface area contributed by atoms with E-state index in [2.05, 4.69) is 10.2 Å². The predicted molar refractivity (Wildman–Crippen MR) is 92.6 cm³/mol. The Balaban J connectivity index is 1.43. The van der Waals surface area contributed by atoms with Crippen molar-refractivity contribution in [2.75, 3.05) is 39.4 Å². The lowest BCUT2D eigenvalue weighted by Crippen LogP contribution is -2.71. The van der Waals surface area contributed by atoms with E-state index in [0.717, 1.165) is 57.8 Å². The number of sulfone groups is 1. The Morgan fingerprint density at radius 3 is 2.58 bits per heavy atom. The van der Waals surface area contributed by atoms with Gasteiger partial charge < -0.3 is 4.74 Å². The lowest BCUT2D eigenvalue weighted by molar-refractivity contribution is -0.0464. The standard InChI is InChI=1S/C18H26N2O3S/c1-14-4-2-3-5-16(14)24(21,22)17-18(13-19-17)10-15(11-18)12-20-6-8-23-9-7-20/h2-5,15,17,19H,6-13H2,1H3. The minimum absolute atomic E-state index is 0.0436. The van der Waals surface area contributed by atoms with Gasteiger partial charge in [0.05, 0.1) is 18.1 Å². The molecular formula is C18H26N2O3S. The molecule has 3 aliphatic rings. The molecule has 1 spiro atoms. The van der Waals surface area contributed by atoms with Gasteiger partial charge in [0.1, 0.15) is 5.37 Å². The highest BCUT2D eigenvalue weighted by Crippen LogP contribution is 2.54. The third-order valence-electron chi connectivity index (χ3n) is 5.92. The molecule has 0 bridgehead atoms. The largest absolute Gasteiger partial charge is 0.379 e. The highest BCUT2D eigenvalue weighted by molar-refractivity contribution is 7.92. The number of aryl methyl sites for hydroxylation is 1. The molecule has 2 heterocycles. The summed E-state index contributed by atoms with van der Waals surface area (Å²) in [5, 5.41) is 2.80. The van der Waals surface area contributed by atoms with Crippen LogP contribution >= 0.6 is 0 Å². The van der Waals surface area contributed by atoms with E-state index in [1.807, 2.05) is 25.1 Å². The van der Waals surface area contributed by atoms with E-state index in [4.69, 9.17) is 4.74 Å². The van der Waals surface area contributed by atoms with Crippen LogP contribution in [0, 0.1) is 18.3 Å². The molecule has 132 valence electrons. The van der Waals surface area contributed by atoms with Gasteiger partial charge in [0.2, 0.25) is 0 Å². The van der Waals surface area contributed by atoms with E-state index >= 15 is 0 Å². The maximum absolute atomic E-state index is 13.1. The summed E-state index contributed by atoms with van der Waals surface area (Å²) in [4.78, 5) is 2.94. The summed E-state index contributed by atoms with van der Waals surface area (Å²) in [5.74, 6) is 0.625. The van der Waals surface area contributed by atoms with Crippen LogP contribution in [-0.4, -0.2) is 58.1 Å². The number of benzene rings is 1. The van der Waals surface area contributed by atoms with Crippen LogP contribution in [0.3, 0.4) is 0 Å². The van der Waals surface area contributed by atoms with E-state index in [9.17, 15) is 8.42 Å². The SMILES string of the molecule is Cc1ccccc1S(=O)(=O)C1NCC12CC(CN1CCOCC1)C2. The molecule has 5 nitrogen and oxygen atoms in total. The molecule has 24 heavy (non-hydrogen) atoms. The summed E-state index contributed by atoms with van der Waals surface area (Å²) in [6, 6.07) is 7.32. The van der Waals surface area contributed by atoms with Crippen LogP contribution in [0.1, 0.15) is 18.4 Å². The lowest BCUT2D eigenvalue weighted by atomic mass is 9.58. The van der Waals surface area contributed by atoms with Crippen molar-refractivity contribution in [2.45, 2.75) is 30.0 Å². The zero-order chi connectivity index (χ0) is 16.8. The highest BCUT2D eigenvalue weighted by Gasteiger charge is 2.60. The van der Waals surface area contributed by atoms with Crippen LogP contribution < -0.4 is 5.32 Å². The van der Waals surface area contributed by atoms with E-state index < -0.39 is 15.2 Å². The molecule has 0 radical (unpaired) electrons. The van der Waals surface area contributed by atoms with E-state index in [1.54, 1.807) is 6.07 Å². The third kappa shape index (κ3) is 2.69. The monoisotopic (exact) mass is 350 g/mol. The van der Waals surface area contributed by atoms with Crippen LogP contribution in [0.25, 0.3) is 0 Å². The summed E-state index contributed by atoms with van der Waals surface area (Å²) < 4.78 is 31.5. The van der Waals surface area contributed by atoms with Crippen LogP contribution in [0.15, 0.2) is 29.2 Å². The fourth-order valence-corrected chi connectivity index (χ4v) is 6.92. The molecule has 1 aromatic carbocycles. The Labute approximate surface area is 144 Å². The first-order valence-electron chi connectivity index (χ1n) is 8.84. The molecule has 6 heteroatoms. The minimum Gasteiger partial charge on any atom is -0.379 e. The smallest absolute Gasteiger partial charge is 0.195 e. The molecule has 2 saturated heterocycles. The number of hydrogen-bond donors (Lipinski definition) is 1. The Morgan fingerprint density at radius 1 is 1.25 bits per heavy atom. The third-order valence-corrected chi connectivity index (χ3v) is 8.28. The van der Waals surface area contributed by atoms with Gasteiger partial charge in [-0.15, -0.1) is 0 Å². The summed E-state index contributed by atoms with van der Waals surface area (Å²) in [5.41, 5.74) is 0.795. The van der Waals surface area contributed by atoms with Crippen LogP contribution in [-0.2, 0) is 14.6 Å². The van der Waals surface area contributed by atoms with Crippen LogP contribution in [0.2, 0.25) is 0 Å². The number of ether oxygens (including phenoxy) is 1. The molecule has 2 aliphatic heterocycles. The summed E-state index contributed by atoms with van der Waals surface area (Å²) in [7, 11) is -3.30. The molecule has 4 rings (SSSR count).